The van der Waals surface area contributed by atoms with Crippen LogP contribution in [-0.2, 0) is 0 Å². The molecule has 0 aliphatic heterocycles. The van der Waals surface area contributed by atoms with Gasteiger partial charge >= 0.3 is 0 Å². The third-order valence-corrected chi connectivity index (χ3v) is 9.64. The van der Waals surface area contributed by atoms with Gasteiger partial charge in [0.05, 0.1) is 10.2 Å². The minimum atomic E-state index is 0.571. The van der Waals surface area contributed by atoms with Crippen molar-refractivity contribution in [1.29, 1.82) is 0 Å². The van der Waals surface area contributed by atoms with Crippen molar-refractivity contribution in [3.8, 4) is 44.7 Å². The zero-order valence-corrected chi connectivity index (χ0v) is 25.5. The lowest BCUT2D eigenvalue weighted by atomic mass is 10.0. The van der Waals surface area contributed by atoms with Gasteiger partial charge in [0, 0.05) is 49.9 Å². The molecule has 7 heteroatoms. The molecule has 0 unspecified atom stereocenters. The van der Waals surface area contributed by atoms with Crippen molar-refractivity contribution in [3.05, 3.63) is 133 Å². The van der Waals surface area contributed by atoms with Crippen LogP contribution in [0.25, 0.3) is 98.8 Å². The summed E-state index contributed by atoms with van der Waals surface area (Å²) in [6.45, 7) is 0. The van der Waals surface area contributed by atoms with Gasteiger partial charge in [-0.25, -0.2) is 19.9 Å². The van der Waals surface area contributed by atoms with Crippen LogP contribution < -0.4 is 0 Å². The van der Waals surface area contributed by atoms with Crippen LogP contribution in [0.15, 0.2) is 142 Å². The van der Waals surface area contributed by atoms with Crippen molar-refractivity contribution in [2.45, 2.75) is 0 Å². The number of furan rings is 2. The summed E-state index contributed by atoms with van der Waals surface area (Å²) in [7, 11) is 0. The molecule has 6 nitrogen and oxygen atoms in total. The van der Waals surface area contributed by atoms with Gasteiger partial charge in [0.1, 0.15) is 27.3 Å². The van der Waals surface area contributed by atoms with Crippen LogP contribution in [0, 0.1) is 0 Å². The Labute approximate surface area is 271 Å². The standard InChI is InChI=1S/C40H22N4O2S/c1-3-11-23(12-4-1)37-42-38(26-16-9-19-31-35(26)25-15-7-8-18-30(25)45-31)44-39(43-37)27-17-10-20-32-36(27)28-21-34-29(22-33(28)46-32)41-40(47-34)24-13-5-2-6-14-24/h1-22H. The van der Waals surface area contributed by atoms with Crippen LogP contribution in [0.4, 0.5) is 0 Å². The van der Waals surface area contributed by atoms with E-state index in [1.807, 2.05) is 97.1 Å². The zero-order valence-electron chi connectivity index (χ0n) is 24.7. The predicted molar refractivity (Wildman–Crippen MR) is 189 cm³/mol. The van der Waals surface area contributed by atoms with E-state index in [1.165, 1.54) is 0 Å². The quantitative estimate of drug-likeness (QED) is 0.194. The lowest BCUT2D eigenvalue weighted by Gasteiger charge is -2.10. The lowest BCUT2D eigenvalue weighted by Crippen LogP contribution is -2.00. The summed E-state index contributed by atoms with van der Waals surface area (Å²) in [6.07, 6.45) is 0. The maximum atomic E-state index is 6.44. The van der Waals surface area contributed by atoms with E-state index < -0.39 is 0 Å². The van der Waals surface area contributed by atoms with Gasteiger partial charge < -0.3 is 8.83 Å². The van der Waals surface area contributed by atoms with Crippen molar-refractivity contribution in [1.82, 2.24) is 19.9 Å². The van der Waals surface area contributed by atoms with Crippen LogP contribution >= 0.6 is 11.3 Å². The highest BCUT2D eigenvalue weighted by Crippen LogP contribution is 2.41. The topological polar surface area (TPSA) is 77.8 Å². The van der Waals surface area contributed by atoms with Gasteiger partial charge in [0.25, 0.3) is 0 Å². The normalized spacial score (nSPS) is 11.8. The highest BCUT2D eigenvalue weighted by atomic mass is 32.1. The van der Waals surface area contributed by atoms with E-state index >= 15 is 0 Å². The van der Waals surface area contributed by atoms with Gasteiger partial charge in [-0.2, -0.15) is 0 Å². The molecule has 0 N–H and O–H groups in total. The van der Waals surface area contributed by atoms with Crippen LogP contribution in [0.2, 0.25) is 0 Å². The number of benzene rings is 6. The summed E-state index contributed by atoms with van der Waals surface area (Å²) in [5.74, 6) is 1.74. The summed E-state index contributed by atoms with van der Waals surface area (Å²) in [5, 5.41) is 4.94. The van der Waals surface area contributed by atoms with Crippen LogP contribution in [0.3, 0.4) is 0 Å². The molecule has 10 aromatic rings. The van der Waals surface area contributed by atoms with E-state index in [4.69, 9.17) is 28.8 Å². The minimum absolute atomic E-state index is 0.571. The Morgan fingerprint density at radius 3 is 1.72 bits per heavy atom. The van der Waals surface area contributed by atoms with E-state index in [9.17, 15) is 0 Å². The molecule has 4 aromatic heterocycles. The van der Waals surface area contributed by atoms with Gasteiger partial charge in [0.2, 0.25) is 0 Å². The van der Waals surface area contributed by atoms with E-state index in [0.717, 1.165) is 81.4 Å². The van der Waals surface area contributed by atoms with Crippen LogP contribution in [0.5, 0.6) is 0 Å². The Kier molecular flexibility index (Phi) is 5.64. The second kappa shape index (κ2) is 10.2. The Morgan fingerprint density at radius 2 is 1.00 bits per heavy atom. The van der Waals surface area contributed by atoms with Gasteiger partial charge in [0.15, 0.2) is 17.5 Å². The Hall–Kier alpha value is -6.18. The number of hydrogen-bond donors (Lipinski definition) is 0. The lowest BCUT2D eigenvalue weighted by molar-refractivity contribution is 0.669. The molecular formula is C40H22N4O2S. The van der Waals surface area contributed by atoms with Crippen molar-refractivity contribution in [3.63, 3.8) is 0 Å². The first-order chi connectivity index (χ1) is 23.3. The average molecular weight is 623 g/mol. The van der Waals surface area contributed by atoms with Crippen LogP contribution in [0.1, 0.15) is 0 Å². The fourth-order valence-electron chi connectivity index (χ4n) is 6.43. The Bertz CT molecular complexity index is 2800. The van der Waals surface area contributed by atoms with Gasteiger partial charge in [-0.1, -0.05) is 103 Å². The fraction of sp³-hybridized carbons (Fsp3) is 0. The Morgan fingerprint density at radius 1 is 0.426 bits per heavy atom. The predicted octanol–water partition coefficient (Wildman–Crippen LogP) is 10.9. The van der Waals surface area contributed by atoms with Gasteiger partial charge in [-0.15, -0.1) is 11.3 Å². The molecule has 0 amide bonds. The number of para-hydroxylation sites is 1. The molecule has 220 valence electrons. The molecule has 0 spiro atoms. The summed E-state index contributed by atoms with van der Waals surface area (Å²) in [4.78, 5) is 20.2. The highest BCUT2D eigenvalue weighted by molar-refractivity contribution is 7.21. The number of aromatic nitrogens is 4. The second-order valence-electron chi connectivity index (χ2n) is 11.4. The molecule has 0 aliphatic rings. The summed E-state index contributed by atoms with van der Waals surface area (Å²) >= 11 is 1.68. The minimum Gasteiger partial charge on any atom is -0.456 e. The van der Waals surface area contributed by atoms with E-state index in [-0.39, 0.29) is 0 Å². The summed E-state index contributed by atoms with van der Waals surface area (Å²) in [5.41, 5.74) is 7.84. The van der Waals surface area contributed by atoms with Crippen molar-refractivity contribution < 1.29 is 8.83 Å². The molecule has 0 saturated heterocycles. The second-order valence-corrected chi connectivity index (χ2v) is 12.5. The molecule has 0 atom stereocenters. The van der Waals surface area contributed by atoms with E-state index in [2.05, 4.69) is 36.4 Å². The van der Waals surface area contributed by atoms with Gasteiger partial charge in [-0.3, -0.25) is 0 Å². The average Bonchev–Trinajstić information content (AvgIpc) is 3.84. The molecule has 0 bridgehead atoms. The molecule has 47 heavy (non-hydrogen) atoms. The Balaban J connectivity index is 1.23. The van der Waals surface area contributed by atoms with Crippen molar-refractivity contribution in [2.75, 3.05) is 0 Å². The first-order valence-electron chi connectivity index (χ1n) is 15.3. The largest absolute Gasteiger partial charge is 0.456 e. The summed E-state index contributed by atoms with van der Waals surface area (Å²) in [6, 6.07) is 44.7. The maximum Gasteiger partial charge on any atom is 0.164 e. The molecule has 0 radical (unpaired) electrons. The monoisotopic (exact) mass is 622 g/mol. The number of fused-ring (bicyclic) bond motifs is 7. The molecule has 0 aliphatic carbocycles. The third kappa shape index (κ3) is 4.17. The molecule has 0 saturated carbocycles. The smallest absolute Gasteiger partial charge is 0.164 e. The third-order valence-electron chi connectivity index (χ3n) is 8.58. The van der Waals surface area contributed by atoms with Crippen LogP contribution in [-0.4, -0.2) is 19.9 Å². The molecule has 6 aromatic carbocycles. The SMILES string of the molecule is c1ccc(-c2nc(-c3cccc4oc5ccccc5c34)nc(-c3cccc4oc5cc6nc(-c7ccccc7)sc6cc5c34)n2)cc1. The van der Waals surface area contributed by atoms with Crippen molar-refractivity contribution in [2.24, 2.45) is 0 Å². The number of nitrogens with zero attached hydrogens (tertiary/aromatic N) is 4. The van der Waals surface area contributed by atoms with E-state index in [0.29, 0.717) is 17.5 Å². The van der Waals surface area contributed by atoms with E-state index in [1.54, 1.807) is 11.3 Å². The molecule has 0 fully saturated rings. The zero-order chi connectivity index (χ0) is 30.9. The maximum absolute atomic E-state index is 6.44. The number of rotatable bonds is 4. The molecular weight excluding hydrogens is 601 g/mol. The fourth-order valence-corrected chi connectivity index (χ4v) is 7.42. The summed E-state index contributed by atoms with van der Waals surface area (Å²) < 4.78 is 13.8. The number of thiazole rings is 1. The van der Waals surface area contributed by atoms with Crippen molar-refractivity contribution >= 4 is 65.4 Å². The molecule has 4 heterocycles. The first kappa shape index (κ1) is 26.1. The first-order valence-corrected chi connectivity index (χ1v) is 16.1. The number of hydrogen-bond acceptors (Lipinski definition) is 7. The molecule has 10 rings (SSSR count). The highest BCUT2D eigenvalue weighted by Gasteiger charge is 2.21. The van der Waals surface area contributed by atoms with Gasteiger partial charge in [-0.05, 0) is 24.3 Å².